The van der Waals surface area contributed by atoms with Gasteiger partial charge in [0.1, 0.15) is 0 Å². The molecule has 0 aliphatic carbocycles. The predicted octanol–water partition coefficient (Wildman–Crippen LogP) is 0.136. The Bertz CT molecular complexity index is 170. The molecule has 0 amide bonds. The molecule has 0 radical (unpaired) electrons. The van der Waals surface area contributed by atoms with Crippen molar-refractivity contribution in [1.82, 2.24) is 9.80 Å². The summed E-state index contributed by atoms with van der Waals surface area (Å²) in [7, 11) is 2.17. The van der Waals surface area contributed by atoms with Crippen LogP contribution in [0.5, 0.6) is 0 Å². The van der Waals surface area contributed by atoms with E-state index < -0.39 is 0 Å². The topological polar surface area (TPSA) is 32.5 Å². The van der Waals surface area contributed by atoms with Gasteiger partial charge in [-0.1, -0.05) is 6.08 Å². The van der Waals surface area contributed by atoms with Crippen molar-refractivity contribution in [3.63, 3.8) is 0 Å². The molecule has 1 aliphatic rings. The first-order chi connectivity index (χ1) is 6.19. The molecule has 2 unspecified atom stereocenters. The van der Waals surface area contributed by atoms with E-state index in [1.807, 2.05) is 6.08 Å². The minimum Gasteiger partial charge on any atom is -0.329 e. The second kappa shape index (κ2) is 4.74. The number of nitrogens with zero attached hydrogens (tertiary/aromatic N) is 2. The van der Waals surface area contributed by atoms with Crippen molar-refractivity contribution in [2.24, 2.45) is 5.73 Å². The zero-order valence-corrected chi connectivity index (χ0v) is 8.74. The number of piperazine rings is 1. The van der Waals surface area contributed by atoms with Crippen LogP contribution in [0.2, 0.25) is 0 Å². The maximum atomic E-state index is 5.73. The monoisotopic (exact) mass is 183 g/mol. The zero-order valence-electron chi connectivity index (χ0n) is 8.74. The van der Waals surface area contributed by atoms with Gasteiger partial charge >= 0.3 is 0 Å². The summed E-state index contributed by atoms with van der Waals surface area (Å²) in [5.41, 5.74) is 5.73. The van der Waals surface area contributed by atoms with Gasteiger partial charge in [0.25, 0.3) is 0 Å². The fraction of sp³-hybridized carbons (Fsp3) is 0.800. The van der Waals surface area contributed by atoms with Crippen LogP contribution in [0.4, 0.5) is 0 Å². The van der Waals surface area contributed by atoms with Gasteiger partial charge in [-0.25, -0.2) is 0 Å². The van der Waals surface area contributed by atoms with Gasteiger partial charge in [-0.15, -0.1) is 6.58 Å². The molecule has 13 heavy (non-hydrogen) atoms. The van der Waals surface area contributed by atoms with Crippen LogP contribution < -0.4 is 5.73 Å². The first-order valence-electron chi connectivity index (χ1n) is 4.94. The lowest BCUT2D eigenvalue weighted by atomic mass is 10.1. The number of hydrogen-bond acceptors (Lipinski definition) is 3. The summed E-state index contributed by atoms with van der Waals surface area (Å²) in [4.78, 5) is 4.79. The van der Waals surface area contributed by atoms with Crippen LogP contribution in [-0.4, -0.2) is 55.1 Å². The molecule has 76 valence electrons. The maximum Gasteiger partial charge on any atom is 0.0349 e. The molecule has 0 spiro atoms. The summed E-state index contributed by atoms with van der Waals surface area (Å²) in [6.07, 6.45) is 1.96. The summed E-state index contributed by atoms with van der Waals surface area (Å²) < 4.78 is 0. The first kappa shape index (κ1) is 10.7. The van der Waals surface area contributed by atoms with E-state index in [1.165, 1.54) is 0 Å². The van der Waals surface area contributed by atoms with E-state index in [4.69, 9.17) is 5.73 Å². The Kier molecular flexibility index (Phi) is 3.90. The Balaban J connectivity index is 2.54. The highest BCUT2D eigenvalue weighted by Gasteiger charge is 2.27. The van der Waals surface area contributed by atoms with Crippen LogP contribution in [0.1, 0.15) is 6.92 Å². The lowest BCUT2D eigenvalue weighted by Crippen LogP contribution is -2.58. The number of rotatable bonds is 3. The Morgan fingerprint density at radius 2 is 2.23 bits per heavy atom. The molecule has 0 saturated carbocycles. The SMILES string of the molecule is C=CCN1CC(C)N(C)CC1CN. The Morgan fingerprint density at radius 3 is 2.77 bits per heavy atom. The molecule has 3 heteroatoms. The van der Waals surface area contributed by atoms with Crippen molar-refractivity contribution in [1.29, 1.82) is 0 Å². The first-order valence-corrected chi connectivity index (χ1v) is 4.94. The van der Waals surface area contributed by atoms with Crippen LogP contribution in [0.15, 0.2) is 12.7 Å². The molecule has 1 saturated heterocycles. The van der Waals surface area contributed by atoms with Crippen LogP contribution in [0.25, 0.3) is 0 Å². The van der Waals surface area contributed by atoms with Gasteiger partial charge in [-0.05, 0) is 14.0 Å². The smallest absolute Gasteiger partial charge is 0.0349 e. The standard InChI is InChI=1S/C10H21N3/c1-4-5-13-7-9(2)12(3)8-10(13)6-11/h4,9-10H,1,5-8,11H2,2-3H3. The summed E-state index contributed by atoms with van der Waals surface area (Å²) in [5, 5.41) is 0. The summed E-state index contributed by atoms with van der Waals surface area (Å²) >= 11 is 0. The molecule has 0 aromatic heterocycles. The lowest BCUT2D eigenvalue weighted by Gasteiger charge is -2.43. The van der Waals surface area contributed by atoms with E-state index in [-0.39, 0.29) is 0 Å². The second-order valence-corrected chi connectivity index (χ2v) is 3.92. The number of hydrogen-bond donors (Lipinski definition) is 1. The summed E-state index contributed by atoms with van der Waals surface area (Å²) in [5.74, 6) is 0. The van der Waals surface area contributed by atoms with Crippen LogP contribution in [0, 0.1) is 0 Å². The van der Waals surface area contributed by atoms with Crippen LogP contribution in [-0.2, 0) is 0 Å². The van der Waals surface area contributed by atoms with Gasteiger partial charge in [0.2, 0.25) is 0 Å². The maximum absolute atomic E-state index is 5.73. The molecule has 2 atom stereocenters. The molecule has 0 bridgehead atoms. The van der Waals surface area contributed by atoms with Gasteiger partial charge in [-0.2, -0.15) is 0 Å². The molecule has 1 aliphatic heterocycles. The van der Waals surface area contributed by atoms with Crippen molar-refractivity contribution in [2.75, 3.05) is 33.2 Å². The van der Waals surface area contributed by atoms with Gasteiger partial charge in [0, 0.05) is 38.3 Å². The predicted molar refractivity (Wildman–Crippen MR) is 56.7 cm³/mol. The van der Waals surface area contributed by atoms with E-state index in [0.717, 1.165) is 26.2 Å². The Hall–Kier alpha value is -0.380. The second-order valence-electron chi connectivity index (χ2n) is 3.92. The fourth-order valence-electron chi connectivity index (χ4n) is 1.87. The van der Waals surface area contributed by atoms with E-state index in [0.29, 0.717) is 12.1 Å². The lowest BCUT2D eigenvalue weighted by molar-refractivity contribution is 0.0644. The third kappa shape index (κ3) is 2.53. The molecular formula is C10H21N3. The minimum atomic E-state index is 0.499. The minimum absolute atomic E-state index is 0.499. The van der Waals surface area contributed by atoms with Crippen molar-refractivity contribution in [3.8, 4) is 0 Å². The summed E-state index contributed by atoms with van der Waals surface area (Å²) in [6, 6.07) is 1.13. The molecule has 1 rings (SSSR count). The third-order valence-corrected chi connectivity index (χ3v) is 2.90. The average Bonchev–Trinajstić information content (AvgIpc) is 2.11. The molecule has 1 heterocycles. The van der Waals surface area contributed by atoms with E-state index in [1.54, 1.807) is 0 Å². The fourth-order valence-corrected chi connectivity index (χ4v) is 1.87. The van der Waals surface area contributed by atoms with Crippen molar-refractivity contribution in [2.45, 2.75) is 19.0 Å². The summed E-state index contributed by atoms with van der Waals surface area (Å²) in [6.45, 7) is 9.90. The largest absolute Gasteiger partial charge is 0.329 e. The van der Waals surface area contributed by atoms with Crippen molar-refractivity contribution < 1.29 is 0 Å². The highest BCUT2D eigenvalue weighted by Crippen LogP contribution is 2.12. The van der Waals surface area contributed by atoms with E-state index in [2.05, 4.69) is 30.4 Å². The average molecular weight is 183 g/mol. The number of nitrogens with two attached hydrogens (primary N) is 1. The van der Waals surface area contributed by atoms with E-state index in [9.17, 15) is 0 Å². The molecule has 0 aromatic rings. The zero-order chi connectivity index (χ0) is 9.84. The molecule has 3 nitrogen and oxygen atoms in total. The van der Waals surface area contributed by atoms with Gasteiger partial charge in [-0.3, -0.25) is 4.90 Å². The Morgan fingerprint density at radius 1 is 1.54 bits per heavy atom. The molecule has 2 N–H and O–H groups in total. The highest BCUT2D eigenvalue weighted by atomic mass is 15.3. The normalized spacial score (nSPS) is 31.9. The van der Waals surface area contributed by atoms with Gasteiger partial charge in [0.15, 0.2) is 0 Å². The highest BCUT2D eigenvalue weighted by molar-refractivity contribution is 4.88. The van der Waals surface area contributed by atoms with Crippen molar-refractivity contribution in [3.05, 3.63) is 12.7 Å². The number of likely N-dealkylation sites (N-methyl/N-ethyl adjacent to an activating group) is 1. The quantitative estimate of drug-likeness (QED) is 0.632. The van der Waals surface area contributed by atoms with Gasteiger partial charge in [0.05, 0.1) is 0 Å². The Labute approximate surface area is 81.2 Å². The van der Waals surface area contributed by atoms with E-state index >= 15 is 0 Å². The molecular weight excluding hydrogens is 162 g/mol. The molecule has 1 fully saturated rings. The van der Waals surface area contributed by atoms with Gasteiger partial charge < -0.3 is 10.6 Å². The molecule has 0 aromatic carbocycles. The van der Waals surface area contributed by atoms with Crippen LogP contribution in [0.3, 0.4) is 0 Å². The van der Waals surface area contributed by atoms with Crippen molar-refractivity contribution >= 4 is 0 Å². The van der Waals surface area contributed by atoms with Crippen LogP contribution >= 0.6 is 0 Å². The third-order valence-electron chi connectivity index (χ3n) is 2.90.